The van der Waals surface area contributed by atoms with Crippen LogP contribution in [-0.2, 0) is 0 Å². The molecule has 0 aliphatic carbocycles. The molecule has 0 spiro atoms. The van der Waals surface area contributed by atoms with Gasteiger partial charge < -0.3 is 0 Å². The molecule has 0 aromatic heterocycles. The average Bonchev–Trinajstić information content (AvgIpc) is 2.50. The molecule has 1 heteroatoms. The molecule has 0 aromatic rings. The van der Waals surface area contributed by atoms with Gasteiger partial charge in [0, 0.05) is 0 Å². The number of rotatable bonds is 12. The molecule has 0 nitrogen and oxygen atoms in total. The molecule has 0 saturated heterocycles. The van der Waals surface area contributed by atoms with Crippen molar-refractivity contribution in [1.29, 1.82) is 0 Å². The Bertz CT molecular complexity index is 97.0. The molecule has 0 atom stereocenters. The molecule has 0 amide bonds. The molecule has 0 aliphatic rings. The topological polar surface area (TPSA) is 0 Å². The monoisotopic (exact) mass is 405 g/mol. The fraction of sp³-hybridized carbons (Fsp3) is 1.00. The zero-order valence-corrected chi connectivity index (χ0v) is 19.0. The molecule has 0 saturated carbocycles. The Morgan fingerprint density at radius 1 is 0.381 bits per heavy atom. The Labute approximate surface area is 151 Å². The minimum atomic E-state index is 1.36. The van der Waals surface area contributed by atoms with E-state index in [9.17, 15) is 0 Å². The maximum absolute atomic E-state index is 2.26. The first kappa shape index (κ1) is 26.7. The van der Waals surface area contributed by atoms with Gasteiger partial charge in [-0.2, -0.15) is 0 Å². The number of hydrogen-bond donors (Lipinski definition) is 0. The van der Waals surface area contributed by atoms with Crippen LogP contribution in [0.5, 0.6) is 0 Å². The Hall–Kier alpha value is 0.799. The Balaban J connectivity index is -0.000000239. The van der Waals surface area contributed by atoms with Crippen LogP contribution in [0.2, 0.25) is 4.44 Å². The first-order chi connectivity index (χ1) is 10.2. The van der Waals surface area contributed by atoms with Crippen molar-refractivity contribution in [1.82, 2.24) is 0 Å². The summed E-state index contributed by atoms with van der Waals surface area (Å²) in [6.07, 6.45) is 19.8. The van der Waals surface area contributed by atoms with Crippen LogP contribution in [0.15, 0.2) is 0 Å². The van der Waals surface area contributed by atoms with Crippen LogP contribution in [-0.4, -0.2) is 22.5 Å². The van der Waals surface area contributed by atoms with Crippen LogP contribution in [0.3, 0.4) is 0 Å². The van der Waals surface area contributed by atoms with Crippen molar-refractivity contribution in [2.75, 3.05) is 0 Å². The van der Waals surface area contributed by atoms with Crippen LogP contribution in [0.1, 0.15) is 125 Å². The standard InChI is InChI=1S/2C8H18.C4H9.Sn/c2*1-3-5-7-8-6-4-2;1-3-4-2;/h2*3-8H2,1-2H3;1,3-4H2,2H3;. The van der Waals surface area contributed by atoms with E-state index in [1.807, 2.05) is 0 Å². The zero-order valence-electron chi connectivity index (χ0n) is 16.1. The molecule has 0 unspecified atom stereocenters. The van der Waals surface area contributed by atoms with Gasteiger partial charge in [-0.05, 0) is 0 Å². The van der Waals surface area contributed by atoms with Crippen LogP contribution in [0.4, 0.5) is 0 Å². The summed E-state index contributed by atoms with van der Waals surface area (Å²) in [7, 11) is 0. The predicted molar refractivity (Wildman–Crippen MR) is 104 cm³/mol. The third kappa shape index (κ3) is 44.9. The normalized spacial score (nSPS) is 9.43. The molecule has 0 fully saturated rings. The van der Waals surface area contributed by atoms with Gasteiger partial charge in [0.2, 0.25) is 0 Å². The van der Waals surface area contributed by atoms with E-state index in [0.717, 1.165) is 0 Å². The Morgan fingerprint density at radius 3 is 0.714 bits per heavy atom. The molecule has 0 rings (SSSR count). The van der Waals surface area contributed by atoms with Crippen molar-refractivity contribution >= 4 is 22.5 Å². The van der Waals surface area contributed by atoms with Crippen molar-refractivity contribution < 1.29 is 0 Å². The van der Waals surface area contributed by atoms with E-state index in [1.54, 1.807) is 22.5 Å². The molecule has 129 valence electrons. The van der Waals surface area contributed by atoms with E-state index in [0.29, 0.717) is 0 Å². The second-order valence-corrected chi connectivity index (χ2v) is 7.36. The first-order valence-corrected chi connectivity index (χ1v) is 11.9. The van der Waals surface area contributed by atoms with E-state index >= 15 is 0 Å². The fourth-order valence-electron chi connectivity index (χ4n) is 1.88. The summed E-state index contributed by atoms with van der Waals surface area (Å²) in [6, 6.07) is 0. The van der Waals surface area contributed by atoms with Gasteiger partial charge in [-0.1, -0.05) is 105 Å². The third-order valence-corrected chi connectivity index (χ3v) is 4.45. The quantitative estimate of drug-likeness (QED) is 0.228. The number of hydrogen-bond acceptors (Lipinski definition) is 0. The van der Waals surface area contributed by atoms with E-state index < -0.39 is 0 Å². The molecule has 21 heavy (non-hydrogen) atoms. The van der Waals surface area contributed by atoms with Crippen LogP contribution in [0.25, 0.3) is 0 Å². The van der Waals surface area contributed by atoms with Gasteiger partial charge in [0.05, 0.1) is 0 Å². The molecular weight excluding hydrogens is 359 g/mol. The van der Waals surface area contributed by atoms with E-state index in [4.69, 9.17) is 0 Å². The summed E-state index contributed by atoms with van der Waals surface area (Å²) < 4.78 is 1.43. The SMILES string of the molecule is CCCCCCCC.CCCCCCCC.CCC[CH2][Sn]. The molecular formula is C20H45Sn. The summed E-state index contributed by atoms with van der Waals surface area (Å²) in [5, 5.41) is 0. The molecule has 0 bridgehead atoms. The molecule has 3 radical (unpaired) electrons. The van der Waals surface area contributed by atoms with Crippen molar-refractivity contribution in [2.45, 2.75) is 129 Å². The third-order valence-electron chi connectivity index (χ3n) is 3.44. The van der Waals surface area contributed by atoms with Gasteiger partial charge in [-0.3, -0.25) is 0 Å². The van der Waals surface area contributed by atoms with Gasteiger partial charge in [0.1, 0.15) is 0 Å². The summed E-state index contributed by atoms with van der Waals surface area (Å²) in [5.74, 6) is 0. The first-order valence-electron chi connectivity index (χ1n) is 9.89. The Kier molecular flexibility index (Phi) is 41.5. The minimum absolute atomic E-state index is 1.36. The summed E-state index contributed by atoms with van der Waals surface area (Å²) in [5.41, 5.74) is 0. The van der Waals surface area contributed by atoms with Gasteiger partial charge in [-0.25, -0.2) is 0 Å². The van der Waals surface area contributed by atoms with Crippen molar-refractivity contribution in [2.24, 2.45) is 0 Å². The van der Waals surface area contributed by atoms with Crippen LogP contribution >= 0.6 is 0 Å². The Morgan fingerprint density at radius 2 is 0.619 bits per heavy atom. The summed E-state index contributed by atoms with van der Waals surface area (Å²) >= 11 is 1.68. The van der Waals surface area contributed by atoms with Crippen molar-refractivity contribution in [3.63, 3.8) is 0 Å². The van der Waals surface area contributed by atoms with Crippen LogP contribution < -0.4 is 0 Å². The molecule has 0 heterocycles. The predicted octanol–water partition coefficient (Wildman–Crippen LogP) is 8.11. The van der Waals surface area contributed by atoms with Crippen molar-refractivity contribution in [3.8, 4) is 0 Å². The molecule has 0 aromatic carbocycles. The van der Waals surface area contributed by atoms with Gasteiger partial charge in [0.15, 0.2) is 0 Å². The zero-order chi connectivity index (χ0) is 16.6. The van der Waals surface area contributed by atoms with Gasteiger partial charge in [0.25, 0.3) is 0 Å². The van der Waals surface area contributed by atoms with E-state index in [1.165, 1.54) is 94.3 Å². The van der Waals surface area contributed by atoms with Crippen molar-refractivity contribution in [3.05, 3.63) is 0 Å². The van der Waals surface area contributed by atoms with Gasteiger partial charge in [-0.15, -0.1) is 0 Å². The summed E-state index contributed by atoms with van der Waals surface area (Å²) in [4.78, 5) is 0. The molecule has 0 N–H and O–H groups in total. The fourth-order valence-corrected chi connectivity index (χ4v) is 2.89. The van der Waals surface area contributed by atoms with Crippen LogP contribution in [0, 0.1) is 0 Å². The van der Waals surface area contributed by atoms with Gasteiger partial charge >= 0.3 is 46.7 Å². The summed E-state index contributed by atoms with van der Waals surface area (Å²) in [6.45, 7) is 11.2. The van der Waals surface area contributed by atoms with E-state index in [-0.39, 0.29) is 0 Å². The average molecular weight is 404 g/mol. The second kappa shape index (κ2) is 32.7. The number of unbranched alkanes of at least 4 members (excludes halogenated alkanes) is 11. The van der Waals surface area contributed by atoms with E-state index in [2.05, 4.69) is 34.6 Å². The maximum atomic E-state index is 2.26. The molecule has 0 aliphatic heterocycles. The second-order valence-electron chi connectivity index (χ2n) is 5.93.